The van der Waals surface area contributed by atoms with Gasteiger partial charge in [-0.3, -0.25) is 9.59 Å². The van der Waals surface area contributed by atoms with Gasteiger partial charge in [0.05, 0.1) is 5.92 Å². The van der Waals surface area contributed by atoms with E-state index >= 15 is 0 Å². The van der Waals surface area contributed by atoms with Crippen molar-refractivity contribution < 1.29 is 14.7 Å². The highest BCUT2D eigenvalue weighted by Crippen LogP contribution is 2.29. The van der Waals surface area contributed by atoms with Crippen LogP contribution in [0.2, 0.25) is 0 Å². The molecule has 0 aliphatic heterocycles. The number of benzene rings is 1. The number of hydrogen-bond acceptors (Lipinski definition) is 2. The Labute approximate surface area is 119 Å². The Bertz CT molecular complexity index is 490. The van der Waals surface area contributed by atoms with Crippen LogP contribution >= 0.6 is 0 Å². The highest BCUT2D eigenvalue weighted by Gasteiger charge is 2.29. The fourth-order valence-electron chi connectivity index (χ4n) is 2.74. The molecule has 2 rings (SSSR count). The molecule has 1 aromatic carbocycles. The van der Waals surface area contributed by atoms with Crippen molar-refractivity contribution in [1.82, 2.24) is 5.32 Å². The molecule has 20 heavy (non-hydrogen) atoms. The first kappa shape index (κ1) is 14.6. The molecular formula is C16H21NO3. The summed E-state index contributed by atoms with van der Waals surface area (Å²) in [5.74, 6) is -0.981. The van der Waals surface area contributed by atoms with E-state index in [9.17, 15) is 9.59 Å². The van der Waals surface area contributed by atoms with E-state index in [0.29, 0.717) is 32.2 Å². The van der Waals surface area contributed by atoms with Crippen LogP contribution in [0.5, 0.6) is 0 Å². The Balaban J connectivity index is 1.82. The molecule has 0 saturated heterocycles. The van der Waals surface area contributed by atoms with E-state index < -0.39 is 5.97 Å². The first-order valence-electron chi connectivity index (χ1n) is 7.13. The molecular weight excluding hydrogens is 254 g/mol. The smallest absolute Gasteiger partial charge is 0.306 e. The van der Waals surface area contributed by atoms with Crippen LogP contribution in [0.15, 0.2) is 24.3 Å². The topological polar surface area (TPSA) is 66.4 Å². The fourth-order valence-corrected chi connectivity index (χ4v) is 2.74. The highest BCUT2D eigenvalue weighted by atomic mass is 16.4. The lowest BCUT2D eigenvalue weighted by molar-refractivity contribution is -0.144. The van der Waals surface area contributed by atoms with Crippen molar-refractivity contribution in [3.05, 3.63) is 35.4 Å². The number of carboxylic acid groups (broad SMARTS) is 1. The van der Waals surface area contributed by atoms with Crippen LogP contribution in [-0.4, -0.2) is 17.0 Å². The SMILES string of the molecule is Cc1ccccc1CNC(=O)C1CCC(C(=O)O)CC1. The number of carboxylic acids is 1. The van der Waals surface area contributed by atoms with Crippen molar-refractivity contribution in [3.63, 3.8) is 0 Å². The van der Waals surface area contributed by atoms with Crippen LogP contribution < -0.4 is 5.32 Å². The first-order valence-corrected chi connectivity index (χ1v) is 7.13. The van der Waals surface area contributed by atoms with Gasteiger partial charge < -0.3 is 10.4 Å². The minimum atomic E-state index is -0.733. The predicted molar refractivity (Wildman–Crippen MR) is 76.1 cm³/mol. The summed E-state index contributed by atoms with van der Waals surface area (Å²) in [5, 5.41) is 11.9. The molecule has 4 heteroatoms. The summed E-state index contributed by atoms with van der Waals surface area (Å²) < 4.78 is 0. The van der Waals surface area contributed by atoms with Gasteiger partial charge in [0.25, 0.3) is 0 Å². The van der Waals surface area contributed by atoms with Crippen LogP contribution in [0.1, 0.15) is 36.8 Å². The third-order valence-corrected chi connectivity index (χ3v) is 4.16. The van der Waals surface area contributed by atoms with E-state index in [0.717, 1.165) is 5.56 Å². The minimum Gasteiger partial charge on any atom is -0.481 e. The average molecular weight is 275 g/mol. The number of rotatable bonds is 4. The van der Waals surface area contributed by atoms with Crippen molar-refractivity contribution in [1.29, 1.82) is 0 Å². The van der Waals surface area contributed by atoms with E-state index in [-0.39, 0.29) is 17.7 Å². The standard InChI is InChI=1S/C16H21NO3/c1-11-4-2-3-5-14(11)10-17-15(18)12-6-8-13(9-7-12)16(19)20/h2-5,12-13H,6-10H2,1H3,(H,17,18)(H,19,20). The van der Waals surface area contributed by atoms with Crippen molar-refractivity contribution in [2.75, 3.05) is 0 Å². The normalized spacial score (nSPS) is 22.2. The van der Waals surface area contributed by atoms with E-state index in [1.54, 1.807) is 0 Å². The molecule has 1 saturated carbocycles. The molecule has 0 unspecified atom stereocenters. The lowest BCUT2D eigenvalue weighted by Crippen LogP contribution is -2.34. The number of amides is 1. The van der Waals surface area contributed by atoms with Crippen LogP contribution in [-0.2, 0) is 16.1 Å². The molecule has 0 spiro atoms. The Morgan fingerprint density at radius 3 is 2.35 bits per heavy atom. The Morgan fingerprint density at radius 1 is 1.15 bits per heavy atom. The molecule has 2 N–H and O–H groups in total. The van der Waals surface area contributed by atoms with Gasteiger partial charge in [0.1, 0.15) is 0 Å². The minimum absolute atomic E-state index is 0.0328. The Kier molecular flexibility index (Phi) is 4.77. The third kappa shape index (κ3) is 3.59. The van der Waals surface area contributed by atoms with Gasteiger partial charge in [-0.1, -0.05) is 24.3 Å². The predicted octanol–water partition coefficient (Wildman–Crippen LogP) is 2.50. The molecule has 0 heterocycles. The Hall–Kier alpha value is -1.84. The van der Waals surface area contributed by atoms with Crippen LogP contribution in [0.4, 0.5) is 0 Å². The van der Waals surface area contributed by atoms with Crippen LogP contribution in [0, 0.1) is 18.8 Å². The average Bonchev–Trinajstić information content (AvgIpc) is 2.46. The molecule has 1 aliphatic rings. The number of nitrogens with one attached hydrogen (secondary N) is 1. The number of aryl methyl sites for hydroxylation is 1. The van der Waals surface area contributed by atoms with E-state index in [4.69, 9.17) is 5.11 Å². The van der Waals surface area contributed by atoms with Crippen LogP contribution in [0.3, 0.4) is 0 Å². The summed E-state index contributed by atoms with van der Waals surface area (Å²) in [6, 6.07) is 7.98. The fraction of sp³-hybridized carbons (Fsp3) is 0.500. The molecule has 0 radical (unpaired) electrons. The molecule has 0 aromatic heterocycles. The third-order valence-electron chi connectivity index (χ3n) is 4.16. The van der Waals surface area contributed by atoms with Gasteiger partial charge in [-0.2, -0.15) is 0 Å². The van der Waals surface area contributed by atoms with Gasteiger partial charge >= 0.3 is 5.97 Å². The van der Waals surface area contributed by atoms with Gasteiger partial charge in [0, 0.05) is 12.5 Å². The van der Waals surface area contributed by atoms with Crippen molar-refractivity contribution in [2.24, 2.45) is 11.8 Å². The maximum Gasteiger partial charge on any atom is 0.306 e. The second-order valence-electron chi connectivity index (χ2n) is 5.53. The molecule has 0 atom stereocenters. The van der Waals surface area contributed by atoms with Crippen molar-refractivity contribution in [3.8, 4) is 0 Å². The molecule has 1 aromatic rings. The lowest BCUT2D eigenvalue weighted by Gasteiger charge is -2.25. The number of aliphatic carboxylic acids is 1. The van der Waals surface area contributed by atoms with E-state index in [1.165, 1.54) is 5.56 Å². The maximum absolute atomic E-state index is 12.1. The second kappa shape index (κ2) is 6.55. The van der Waals surface area contributed by atoms with Gasteiger partial charge in [-0.05, 0) is 43.7 Å². The van der Waals surface area contributed by atoms with Gasteiger partial charge in [-0.15, -0.1) is 0 Å². The van der Waals surface area contributed by atoms with Gasteiger partial charge in [0.15, 0.2) is 0 Å². The zero-order chi connectivity index (χ0) is 14.5. The van der Waals surface area contributed by atoms with Crippen molar-refractivity contribution in [2.45, 2.75) is 39.2 Å². The molecule has 0 bridgehead atoms. The van der Waals surface area contributed by atoms with Gasteiger partial charge in [-0.25, -0.2) is 0 Å². The summed E-state index contributed by atoms with van der Waals surface area (Å²) >= 11 is 0. The molecule has 1 fully saturated rings. The summed E-state index contributed by atoms with van der Waals surface area (Å²) in [7, 11) is 0. The number of carbonyl (C=O) groups excluding carboxylic acids is 1. The van der Waals surface area contributed by atoms with Crippen molar-refractivity contribution >= 4 is 11.9 Å². The maximum atomic E-state index is 12.1. The summed E-state index contributed by atoms with van der Waals surface area (Å²) in [6.45, 7) is 2.57. The van der Waals surface area contributed by atoms with Gasteiger partial charge in [0.2, 0.25) is 5.91 Å². The summed E-state index contributed by atoms with van der Waals surface area (Å²) in [5.41, 5.74) is 2.29. The number of hydrogen-bond donors (Lipinski definition) is 2. The number of carbonyl (C=O) groups is 2. The van der Waals surface area contributed by atoms with E-state index in [1.807, 2.05) is 31.2 Å². The lowest BCUT2D eigenvalue weighted by atomic mass is 9.81. The summed E-state index contributed by atoms with van der Waals surface area (Å²) in [4.78, 5) is 23.0. The zero-order valence-electron chi connectivity index (χ0n) is 11.8. The monoisotopic (exact) mass is 275 g/mol. The highest BCUT2D eigenvalue weighted by molar-refractivity contribution is 5.79. The van der Waals surface area contributed by atoms with Crippen LogP contribution in [0.25, 0.3) is 0 Å². The quantitative estimate of drug-likeness (QED) is 0.887. The van der Waals surface area contributed by atoms with E-state index in [2.05, 4.69) is 5.32 Å². The second-order valence-corrected chi connectivity index (χ2v) is 5.53. The molecule has 4 nitrogen and oxygen atoms in total. The first-order chi connectivity index (χ1) is 9.58. The zero-order valence-corrected chi connectivity index (χ0v) is 11.8. The largest absolute Gasteiger partial charge is 0.481 e. The molecule has 1 amide bonds. The summed E-state index contributed by atoms with van der Waals surface area (Å²) in [6.07, 6.45) is 2.57. The Morgan fingerprint density at radius 2 is 1.75 bits per heavy atom. The molecule has 108 valence electrons. The molecule has 1 aliphatic carbocycles.